The summed E-state index contributed by atoms with van der Waals surface area (Å²) in [7, 11) is 1.24. The number of nitrogens with one attached hydrogen (secondary N) is 1. The van der Waals surface area contributed by atoms with Crippen LogP contribution in [0.5, 0.6) is 5.75 Å². The van der Waals surface area contributed by atoms with Crippen LogP contribution in [-0.4, -0.2) is 29.2 Å². The van der Waals surface area contributed by atoms with Gasteiger partial charge in [-0.1, -0.05) is 6.07 Å². The Balaban J connectivity index is 1.87. The van der Waals surface area contributed by atoms with Gasteiger partial charge in [-0.25, -0.2) is 8.78 Å². The number of hydrogen-bond acceptors (Lipinski definition) is 4. The van der Waals surface area contributed by atoms with Gasteiger partial charge < -0.3 is 15.5 Å². The quantitative estimate of drug-likeness (QED) is 0.658. The van der Waals surface area contributed by atoms with E-state index < -0.39 is 41.0 Å². The van der Waals surface area contributed by atoms with E-state index >= 15 is 0 Å². The van der Waals surface area contributed by atoms with Crippen molar-refractivity contribution in [2.45, 2.75) is 37.3 Å². The van der Waals surface area contributed by atoms with Crippen molar-refractivity contribution in [3.05, 3.63) is 69.3 Å². The molecule has 3 atom stereocenters. The maximum Gasteiger partial charge on any atom is 0.268 e. The standard InChI is InChI=1S/C22H20F3N3O3/c1-31-21-12(4-5-14(24)19(21)25)11-3-2-10(23)8-13(11)16-9-17(29)18-15(28-16)6-7-27-20(18)22(26)30/h4-7,9-11,13H,2-3,8H2,1H3,(H2,26,30)(H,28,29)/t10-,11-,13+/m0/s1. The lowest BCUT2D eigenvalue weighted by molar-refractivity contribution is 0.0997. The van der Waals surface area contributed by atoms with Gasteiger partial charge in [0, 0.05) is 29.4 Å². The van der Waals surface area contributed by atoms with Crippen LogP contribution in [0.15, 0.2) is 35.3 Å². The molecule has 1 aliphatic rings. The lowest BCUT2D eigenvalue weighted by Crippen LogP contribution is -2.26. The number of nitrogens with two attached hydrogens (primary N) is 1. The molecule has 9 heteroatoms. The van der Waals surface area contributed by atoms with Gasteiger partial charge in [-0.2, -0.15) is 4.39 Å². The number of methoxy groups -OCH3 is 1. The zero-order valence-electron chi connectivity index (χ0n) is 16.6. The number of rotatable bonds is 4. The number of carbonyl (C=O) groups is 1. The number of fused-ring (bicyclic) bond motifs is 1. The minimum absolute atomic E-state index is 0.0494. The van der Waals surface area contributed by atoms with Crippen LogP contribution in [0, 0.1) is 11.6 Å². The van der Waals surface area contributed by atoms with Crippen molar-refractivity contribution < 1.29 is 22.7 Å². The first-order chi connectivity index (χ1) is 14.8. The third kappa shape index (κ3) is 3.64. The second-order valence-corrected chi connectivity index (χ2v) is 7.64. The van der Waals surface area contributed by atoms with Crippen LogP contribution in [0.2, 0.25) is 0 Å². The number of carbonyl (C=O) groups excluding carboxylic acids is 1. The van der Waals surface area contributed by atoms with Gasteiger partial charge in [-0.15, -0.1) is 0 Å². The maximum absolute atomic E-state index is 14.4. The number of benzene rings is 1. The Hall–Kier alpha value is -3.36. The minimum Gasteiger partial charge on any atom is -0.493 e. The zero-order valence-corrected chi connectivity index (χ0v) is 16.6. The molecular formula is C22H20F3N3O3. The Bertz CT molecular complexity index is 1230. The van der Waals surface area contributed by atoms with Crippen molar-refractivity contribution in [2.75, 3.05) is 7.11 Å². The largest absolute Gasteiger partial charge is 0.493 e. The summed E-state index contributed by atoms with van der Waals surface area (Å²) in [5.41, 5.74) is 5.85. The lowest BCUT2D eigenvalue weighted by Gasteiger charge is -2.34. The first-order valence-corrected chi connectivity index (χ1v) is 9.79. The highest BCUT2D eigenvalue weighted by Crippen LogP contribution is 2.47. The van der Waals surface area contributed by atoms with Crippen LogP contribution in [-0.2, 0) is 0 Å². The molecule has 3 aromatic rings. The van der Waals surface area contributed by atoms with Gasteiger partial charge >= 0.3 is 0 Å². The van der Waals surface area contributed by atoms with Crippen LogP contribution in [0.25, 0.3) is 10.9 Å². The number of pyridine rings is 2. The molecule has 4 rings (SSSR count). The second kappa shape index (κ2) is 8.05. The van der Waals surface area contributed by atoms with Crippen molar-refractivity contribution in [3.8, 4) is 5.75 Å². The summed E-state index contributed by atoms with van der Waals surface area (Å²) in [5, 5.41) is 0.0494. The summed E-state index contributed by atoms with van der Waals surface area (Å²) in [4.78, 5) is 31.4. The minimum atomic E-state index is -1.12. The zero-order chi connectivity index (χ0) is 22.3. The van der Waals surface area contributed by atoms with E-state index in [0.29, 0.717) is 23.2 Å². The van der Waals surface area contributed by atoms with E-state index in [4.69, 9.17) is 10.5 Å². The van der Waals surface area contributed by atoms with Crippen LogP contribution in [0.1, 0.15) is 52.8 Å². The SMILES string of the molecule is COc1c([C@@H]2CC[C@H](F)C[C@H]2c2cc(=O)c3c(C(N)=O)nccc3[nH]2)ccc(F)c1F. The molecule has 2 aromatic heterocycles. The van der Waals surface area contributed by atoms with E-state index in [9.17, 15) is 22.8 Å². The molecule has 0 aliphatic heterocycles. The van der Waals surface area contributed by atoms with Crippen molar-refractivity contribution in [1.82, 2.24) is 9.97 Å². The number of ether oxygens (including phenoxy) is 1. The van der Waals surface area contributed by atoms with E-state index in [1.54, 1.807) is 0 Å². The fraction of sp³-hybridized carbons (Fsp3) is 0.318. The predicted octanol–water partition coefficient (Wildman–Crippen LogP) is 3.70. The van der Waals surface area contributed by atoms with E-state index in [1.807, 2.05) is 0 Å². The topological polar surface area (TPSA) is 98.1 Å². The highest BCUT2D eigenvalue weighted by molar-refractivity contribution is 6.03. The van der Waals surface area contributed by atoms with Crippen LogP contribution >= 0.6 is 0 Å². The molecule has 1 saturated carbocycles. The second-order valence-electron chi connectivity index (χ2n) is 7.64. The first-order valence-electron chi connectivity index (χ1n) is 9.79. The maximum atomic E-state index is 14.4. The molecule has 1 amide bonds. The molecule has 162 valence electrons. The Kier molecular flexibility index (Phi) is 5.43. The average molecular weight is 431 g/mol. The summed E-state index contributed by atoms with van der Waals surface area (Å²) >= 11 is 0. The summed E-state index contributed by atoms with van der Waals surface area (Å²) in [5.74, 6) is -4.15. The Morgan fingerprint density at radius 2 is 2.00 bits per heavy atom. The Morgan fingerprint density at radius 1 is 1.23 bits per heavy atom. The summed E-state index contributed by atoms with van der Waals surface area (Å²) in [6, 6.07) is 5.26. The summed E-state index contributed by atoms with van der Waals surface area (Å²) in [6.45, 7) is 0. The highest BCUT2D eigenvalue weighted by atomic mass is 19.2. The summed E-state index contributed by atoms with van der Waals surface area (Å²) in [6.07, 6.45) is 0.918. The van der Waals surface area contributed by atoms with Gasteiger partial charge in [0.15, 0.2) is 17.0 Å². The Labute approximate surface area is 175 Å². The number of amides is 1. The smallest absolute Gasteiger partial charge is 0.268 e. The summed E-state index contributed by atoms with van der Waals surface area (Å²) < 4.78 is 47.6. The molecule has 0 radical (unpaired) electrons. The third-order valence-electron chi connectivity index (χ3n) is 5.87. The number of H-pyrrole nitrogens is 1. The number of hydrogen-bond donors (Lipinski definition) is 2. The third-order valence-corrected chi connectivity index (χ3v) is 5.87. The normalized spacial score (nSPS) is 21.2. The number of aromatic amines is 1. The van der Waals surface area contributed by atoms with E-state index in [1.165, 1.54) is 31.5 Å². The molecule has 1 aliphatic carbocycles. The number of alkyl halides is 1. The predicted molar refractivity (Wildman–Crippen MR) is 108 cm³/mol. The number of nitrogens with zero attached hydrogens (tertiary/aromatic N) is 1. The van der Waals surface area contributed by atoms with Gasteiger partial charge in [0.1, 0.15) is 11.9 Å². The molecule has 6 nitrogen and oxygen atoms in total. The van der Waals surface area contributed by atoms with Gasteiger partial charge in [-0.05, 0) is 37.3 Å². The fourth-order valence-electron chi connectivity index (χ4n) is 4.49. The van der Waals surface area contributed by atoms with Crippen molar-refractivity contribution in [1.29, 1.82) is 0 Å². The highest BCUT2D eigenvalue weighted by Gasteiger charge is 2.36. The lowest BCUT2D eigenvalue weighted by atomic mass is 9.72. The van der Waals surface area contributed by atoms with E-state index in [2.05, 4.69) is 9.97 Å². The number of primary amides is 1. The molecule has 0 bridgehead atoms. The van der Waals surface area contributed by atoms with Gasteiger partial charge in [0.05, 0.1) is 18.0 Å². The molecule has 31 heavy (non-hydrogen) atoms. The molecule has 0 unspecified atom stereocenters. The van der Waals surface area contributed by atoms with Gasteiger partial charge in [0.25, 0.3) is 5.91 Å². The van der Waals surface area contributed by atoms with E-state index in [0.717, 1.165) is 6.07 Å². The van der Waals surface area contributed by atoms with Crippen LogP contribution in [0.4, 0.5) is 13.2 Å². The molecule has 3 N–H and O–H groups in total. The fourth-order valence-corrected chi connectivity index (χ4v) is 4.49. The van der Waals surface area contributed by atoms with E-state index in [-0.39, 0.29) is 29.7 Å². The molecule has 0 saturated heterocycles. The average Bonchev–Trinajstić information content (AvgIpc) is 2.75. The Morgan fingerprint density at radius 3 is 2.71 bits per heavy atom. The van der Waals surface area contributed by atoms with Crippen molar-refractivity contribution in [3.63, 3.8) is 0 Å². The van der Waals surface area contributed by atoms with Crippen LogP contribution < -0.4 is 15.9 Å². The van der Waals surface area contributed by atoms with Crippen LogP contribution in [0.3, 0.4) is 0 Å². The number of halogens is 3. The molecule has 1 aromatic carbocycles. The first kappa shape index (κ1) is 20.9. The molecule has 2 heterocycles. The molecule has 0 spiro atoms. The van der Waals surface area contributed by atoms with Crippen molar-refractivity contribution >= 4 is 16.8 Å². The molecule has 1 fully saturated rings. The van der Waals surface area contributed by atoms with Crippen molar-refractivity contribution in [2.24, 2.45) is 5.73 Å². The monoisotopic (exact) mass is 431 g/mol. The molecular weight excluding hydrogens is 411 g/mol. The number of aromatic nitrogens is 2. The van der Waals surface area contributed by atoms with Gasteiger partial charge in [-0.3, -0.25) is 14.6 Å². The van der Waals surface area contributed by atoms with Gasteiger partial charge in [0.2, 0.25) is 5.82 Å².